The number of hydrogen-bond acceptors (Lipinski definition) is 5. The molecule has 1 aliphatic rings. The van der Waals surface area contributed by atoms with Crippen LogP contribution >= 0.6 is 11.8 Å². The molecule has 3 rings (SSSR count). The number of halogens is 1. The summed E-state index contributed by atoms with van der Waals surface area (Å²) >= 11 is 1.35. The Bertz CT molecular complexity index is 915. The molecule has 0 saturated carbocycles. The minimum atomic E-state index is -1.04. The van der Waals surface area contributed by atoms with Gasteiger partial charge in [-0.25, -0.2) is 9.37 Å². The molecule has 0 unspecified atom stereocenters. The minimum absolute atomic E-state index is 0.00968. The highest BCUT2D eigenvalue weighted by Gasteiger charge is 2.35. The maximum Gasteiger partial charge on any atom is 0.257 e. The summed E-state index contributed by atoms with van der Waals surface area (Å²) in [6.45, 7) is 1.99. The first kappa shape index (κ1) is 18.1. The molecule has 0 aliphatic carbocycles. The maximum absolute atomic E-state index is 13.8. The predicted molar refractivity (Wildman–Crippen MR) is 96.9 cm³/mol. The number of carbonyl (C=O) groups is 2. The number of aromatic nitrogens is 2. The van der Waals surface area contributed by atoms with Crippen molar-refractivity contribution in [3.8, 4) is 0 Å². The molecule has 2 aromatic rings. The summed E-state index contributed by atoms with van der Waals surface area (Å²) < 4.78 is 13.8. The van der Waals surface area contributed by atoms with E-state index in [1.54, 1.807) is 6.07 Å². The van der Waals surface area contributed by atoms with Crippen molar-refractivity contribution in [2.24, 2.45) is 0 Å². The quantitative estimate of drug-likeness (QED) is 0.549. The lowest BCUT2D eigenvalue weighted by atomic mass is 9.92. The first-order valence-corrected chi connectivity index (χ1v) is 9.10. The van der Waals surface area contributed by atoms with E-state index in [1.807, 2.05) is 6.92 Å². The van der Waals surface area contributed by atoms with Crippen molar-refractivity contribution in [3.63, 3.8) is 0 Å². The fraction of sp³-hybridized carbons (Fsp3) is 0.294. The van der Waals surface area contributed by atoms with Crippen LogP contribution in [0.1, 0.15) is 31.2 Å². The van der Waals surface area contributed by atoms with Crippen LogP contribution in [0.3, 0.4) is 0 Å². The van der Waals surface area contributed by atoms with Crippen molar-refractivity contribution in [1.82, 2.24) is 9.97 Å². The summed E-state index contributed by atoms with van der Waals surface area (Å²) in [7, 11) is 0. The summed E-state index contributed by atoms with van der Waals surface area (Å²) in [6.07, 6.45) is 0.686. The summed E-state index contributed by atoms with van der Waals surface area (Å²) in [5.74, 6) is -1.85. The smallest absolute Gasteiger partial charge is 0.257 e. The van der Waals surface area contributed by atoms with Crippen LogP contribution < -0.4 is 16.2 Å². The molecule has 7 nitrogen and oxygen atoms in total. The van der Waals surface area contributed by atoms with E-state index in [9.17, 15) is 18.8 Å². The molecular weight excluding hydrogens is 359 g/mol. The molecule has 0 bridgehead atoms. The standard InChI is InChI=1S/C17H17FN4O3S/c1-2-7-26-17-21-14-13(16(25)22-17)9(8-12(23)20-14)15(24)19-11-6-4-3-5-10(11)18/h3-6,9H,2,7-8H2,1H3,(H,19,24)(H2,20,21,22,23,25)/t9-/m1/s1. The summed E-state index contributed by atoms with van der Waals surface area (Å²) in [4.78, 5) is 43.9. The number of H-pyrrole nitrogens is 1. The lowest BCUT2D eigenvalue weighted by Crippen LogP contribution is -2.36. The number of nitrogens with one attached hydrogen (secondary N) is 3. The Hall–Kier alpha value is -2.68. The lowest BCUT2D eigenvalue weighted by molar-refractivity contribution is -0.123. The molecule has 3 N–H and O–H groups in total. The van der Waals surface area contributed by atoms with Gasteiger partial charge in [0.05, 0.1) is 17.2 Å². The highest BCUT2D eigenvalue weighted by molar-refractivity contribution is 7.99. The Balaban J connectivity index is 1.93. The van der Waals surface area contributed by atoms with Gasteiger partial charge in [0.15, 0.2) is 5.16 Å². The summed E-state index contributed by atoms with van der Waals surface area (Å²) in [5, 5.41) is 5.36. The van der Waals surface area contributed by atoms with Gasteiger partial charge in [0.25, 0.3) is 5.56 Å². The zero-order valence-electron chi connectivity index (χ0n) is 14.0. The number of para-hydroxylation sites is 1. The monoisotopic (exact) mass is 376 g/mol. The van der Waals surface area contributed by atoms with Crippen molar-refractivity contribution in [3.05, 3.63) is 46.0 Å². The zero-order chi connectivity index (χ0) is 18.7. The van der Waals surface area contributed by atoms with Gasteiger partial charge < -0.3 is 15.6 Å². The molecule has 1 aromatic carbocycles. The number of thioether (sulfide) groups is 1. The van der Waals surface area contributed by atoms with Crippen LogP contribution in [0, 0.1) is 5.82 Å². The second-order valence-corrected chi connectivity index (χ2v) is 6.84. The Morgan fingerprint density at radius 2 is 2.15 bits per heavy atom. The van der Waals surface area contributed by atoms with Crippen LogP contribution in [0.4, 0.5) is 15.9 Å². The highest BCUT2D eigenvalue weighted by Crippen LogP contribution is 2.30. The van der Waals surface area contributed by atoms with Crippen molar-refractivity contribution in [2.45, 2.75) is 30.8 Å². The van der Waals surface area contributed by atoms with Crippen molar-refractivity contribution in [2.75, 3.05) is 16.4 Å². The molecule has 0 fully saturated rings. The molecule has 1 aliphatic heterocycles. The number of nitrogens with zero attached hydrogens (tertiary/aromatic N) is 1. The molecule has 1 aromatic heterocycles. The number of amides is 2. The Morgan fingerprint density at radius 3 is 2.88 bits per heavy atom. The second kappa shape index (κ2) is 7.69. The fourth-order valence-corrected chi connectivity index (χ4v) is 3.34. The number of benzene rings is 1. The Labute approximate surface area is 152 Å². The second-order valence-electron chi connectivity index (χ2n) is 5.76. The SMILES string of the molecule is CCCSc1nc2c(c(=O)[nH]1)[C@H](C(=O)Nc1ccccc1F)CC(=O)N2. The number of rotatable bonds is 5. The topological polar surface area (TPSA) is 104 Å². The van der Waals surface area contributed by atoms with E-state index in [0.717, 1.165) is 12.2 Å². The van der Waals surface area contributed by atoms with Crippen LogP contribution in [-0.2, 0) is 9.59 Å². The van der Waals surface area contributed by atoms with E-state index in [-0.39, 0.29) is 23.5 Å². The molecule has 136 valence electrons. The predicted octanol–water partition coefficient (Wildman–Crippen LogP) is 2.48. The van der Waals surface area contributed by atoms with Crippen LogP contribution in [-0.4, -0.2) is 27.5 Å². The average molecular weight is 376 g/mol. The van der Waals surface area contributed by atoms with E-state index in [0.29, 0.717) is 5.16 Å². The normalized spacial score (nSPS) is 15.9. The van der Waals surface area contributed by atoms with Crippen LogP contribution in [0.25, 0.3) is 0 Å². The lowest BCUT2D eigenvalue weighted by Gasteiger charge is -2.23. The Morgan fingerprint density at radius 1 is 1.38 bits per heavy atom. The van der Waals surface area contributed by atoms with Gasteiger partial charge in [0.1, 0.15) is 11.6 Å². The van der Waals surface area contributed by atoms with Crippen LogP contribution in [0.5, 0.6) is 0 Å². The van der Waals surface area contributed by atoms with E-state index in [4.69, 9.17) is 0 Å². The van der Waals surface area contributed by atoms with E-state index >= 15 is 0 Å². The van der Waals surface area contributed by atoms with Crippen LogP contribution in [0.2, 0.25) is 0 Å². The number of fused-ring (bicyclic) bond motifs is 1. The average Bonchev–Trinajstić information content (AvgIpc) is 2.60. The molecular formula is C17H17FN4O3S. The molecule has 9 heteroatoms. The molecule has 0 saturated heterocycles. The van der Waals surface area contributed by atoms with Gasteiger partial charge in [0, 0.05) is 12.2 Å². The third-order valence-electron chi connectivity index (χ3n) is 3.82. The van der Waals surface area contributed by atoms with Crippen molar-refractivity contribution < 1.29 is 14.0 Å². The number of carbonyl (C=O) groups excluding carboxylic acids is 2. The van der Waals surface area contributed by atoms with Gasteiger partial charge in [-0.2, -0.15) is 0 Å². The molecule has 2 heterocycles. The molecule has 26 heavy (non-hydrogen) atoms. The minimum Gasteiger partial charge on any atom is -0.323 e. The van der Waals surface area contributed by atoms with E-state index < -0.39 is 29.1 Å². The number of aromatic amines is 1. The summed E-state index contributed by atoms with van der Waals surface area (Å²) in [6, 6.07) is 5.69. The third kappa shape index (κ3) is 3.77. The molecule has 2 amide bonds. The molecule has 1 atom stereocenters. The highest BCUT2D eigenvalue weighted by atomic mass is 32.2. The van der Waals surface area contributed by atoms with Gasteiger partial charge in [-0.3, -0.25) is 14.4 Å². The number of anilines is 2. The largest absolute Gasteiger partial charge is 0.323 e. The first-order chi connectivity index (χ1) is 12.5. The molecule has 0 spiro atoms. The fourth-order valence-electron chi connectivity index (χ4n) is 2.62. The van der Waals surface area contributed by atoms with Crippen LogP contribution in [0.15, 0.2) is 34.2 Å². The van der Waals surface area contributed by atoms with Crippen molar-refractivity contribution in [1.29, 1.82) is 0 Å². The summed E-state index contributed by atoms with van der Waals surface area (Å²) in [5.41, 5.74) is -0.411. The van der Waals surface area contributed by atoms with Gasteiger partial charge in [-0.05, 0) is 18.6 Å². The van der Waals surface area contributed by atoms with Gasteiger partial charge in [-0.15, -0.1) is 0 Å². The molecule has 0 radical (unpaired) electrons. The maximum atomic E-state index is 13.8. The van der Waals surface area contributed by atoms with Gasteiger partial charge in [-0.1, -0.05) is 30.8 Å². The first-order valence-electron chi connectivity index (χ1n) is 8.11. The Kier molecular flexibility index (Phi) is 5.36. The van der Waals surface area contributed by atoms with E-state index in [2.05, 4.69) is 20.6 Å². The zero-order valence-corrected chi connectivity index (χ0v) is 14.8. The van der Waals surface area contributed by atoms with Gasteiger partial charge >= 0.3 is 0 Å². The van der Waals surface area contributed by atoms with Gasteiger partial charge in [0.2, 0.25) is 11.8 Å². The third-order valence-corrected chi connectivity index (χ3v) is 4.90. The van der Waals surface area contributed by atoms with E-state index in [1.165, 1.54) is 30.0 Å². The number of hydrogen-bond donors (Lipinski definition) is 3. The van der Waals surface area contributed by atoms with Crippen molar-refractivity contribution >= 4 is 35.1 Å².